The topological polar surface area (TPSA) is 86.5 Å². The van der Waals surface area contributed by atoms with Crippen LogP contribution < -0.4 is 20.5 Å². The van der Waals surface area contributed by atoms with Crippen molar-refractivity contribution in [2.45, 2.75) is 20.0 Å². The molecule has 0 atom stereocenters. The van der Waals surface area contributed by atoms with Crippen molar-refractivity contribution in [1.29, 1.82) is 0 Å². The first kappa shape index (κ1) is 21.8. The third-order valence-electron chi connectivity index (χ3n) is 2.84. The molecule has 0 aliphatic carbocycles. The SMILES string of the molecule is COc1ccc(NC(=O)c2ncccc2OC(C)C)cc1N.Cl.Cl. The Labute approximate surface area is 153 Å². The monoisotopic (exact) mass is 373 g/mol. The van der Waals surface area contributed by atoms with Crippen LogP contribution >= 0.6 is 24.8 Å². The van der Waals surface area contributed by atoms with E-state index in [2.05, 4.69) is 10.3 Å². The van der Waals surface area contributed by atoms with Crippen LogP contribution in [0.3, 0.4) is 0 Å². The van der Waals surface area contributed by atoms with Crippen LogP contribution in [-0.2, 0) is 0 Å². The lowest BCUT2D eigenvalue weighted by Crippen LogP contribution is -2.17. The second-order valence-corrected chi connectivity index (χ2v) is 4.93. The maximum absolute atomic E-state index is 12.4. The number of nitrogens with zero attached hydrogens (tertiary/aromatic N) is 1. The van der Waals surface area contributed by atoms with E-state index < -0.39 is 0 Å². The summed E-state index contributed by atoms with van der Waals surface area (Å²) in [5, 5.41) is 2.75. The van der Waals surface area contributed by atoms with Gasteiger partial charge in [0.15, 0.2) is 11.4 Å². The Morgan fingerprint density at radius 2 is 1.92 bits per heavy atom. The van der Waals surface area contributed by atoms with E-state index in [9.17, 15) is 4.79 Å². The van der Waals surface area contributed by atoms with E-state index in [1.807, 2.05) is 13.8 Å². The van der Waals surface area contributed by atoms with Gasteiger partial charge in [0.1, 0.15) is 5.75 Å². The Hall–Kier alpha value is -2.18. The summed E-state index contributed by atoms with van der Waals surface area (Å²) in [6.07, 6.45) is 1.50. The third-order valence-corrected chi connectivity index (χ3v) is 2.84. The Morgan fingerprint density at radius 3 is 2.50 bits per heavy atom. The number of pyridine rings is 1. The highest BCUT2D eigenvalue weighted by Crippen LogP contribution is 2.25. The maximum Gasteiger partial charge on any atom is 0.278 e. The van der Waals surface area contributed by atoms with Crippen molar-refractivity contribution in [3.63, 3.8) is 0 Å². The zero-order valence-corrected chi connectivity index (χ0v) is 15.2. The number of hydrogen-bond acceptors (Lipinski definition) is 5. The van der Waals surface area contributed by atoms with E-state index in [4.69, 9.17) is 15.2 Å². The summed E-state index contributed by atoms with van der Waals surface area (Å²) in [4.78, 5) is 16.4. The first-order valence-corrected chi connectivity index (χ1v) is 6.87. The lowest BCUT2D eigenvalue weighted by molar-refractivity contribution is 0.101. The standard InChI is InChI=1S/C16H19N3O3.2ClH/c1-10(2)22-14-5-4-8-18-15(14)16(20)19-11-6-7-13(21-3)12(17)9-11;;/h4-10H,17H2,1-3H3,(H,19,20);2*1H. The Balaban J connectivity index is 0.00000264. The summed E-state index contributed by atoms with van der Waals surface area (Å²) in [7, 11) is 1.54. The van der Waals surface area contributed by atoms with Gasteiger partial charge in [-0.1, -0.05) is 0 Å². The lowest BCUT2D eigenvalue weighted by atomic mass is 10.2. The minimum absolute atomic E-state index is 0. The molecule has 3 N–H and O–H groups in total. The molecule has 1 heterocycles. The van der Waals surface area contributed by atoms with Gasteiger partial charge in [0.05, 0.1) is 18.9 Å². The molecular formula is C16H21Cl2N3O3. The van der Waals surface area contributed by atoms with Crippen molar-refractivity contribution in [1.82, 2.24) is 4.98 Å². The van der Waals surface area contributed by atoms with Crippen molar-refractivity contribution in [2.24, 2.45) is 0 Å². The maximum atomic E-state index is 12.4. The van der Waals surface area contributed by atoms with Gasteiger partial charge < -0.3 is 20.5 Å². The number of rotatable bonds is 5. The molecule has 2 aromatic rings. The van der Waals surface area contributed by atoms with Crippen LogP contribution in [0.4, 0.5) is 11.4 Å². The van der Waals surface area contributed by atoms with E-state index >= 15 is 0 Å². The molecule has 6 nitrogen and oxygen atoms in total. The number of carbonyl (C=O) groups is 1. The smallest absolute Gasteiger partial charge is 0.278 e. The van der Waals surface area contributed by atoms with Crippen LogP contribution in [0.2, 0.25) is 0 Å². The van der Waals surface area contributed by atoms with Gasteiger partial charge in [0.2, 0.25) is 0 Å². The van der Waals surface area contributed by atoms with Gasteiger partial charge in [0.25, 0.3) is 5.91 Å². The van der Waals surface area contributed by atoms with Gasteiger partial charge in [-0.15, -0.1) is 24.8 Å². The average molecular weight is 374 g/mol. The number of anilines is 2. The first-order valence-electron chi connectivity index (χ1n) is 6.87. The van der Waals surface area contributed by atoms with E-state index in [1.54, 1.807) is 36.5 Å². The van der Waals surface area contributed by atoms with Crippen LogP contribution in [-0.4, -0.2) is 24.1 Å². The summed E-state index contributed by atoms with van der Waals surface area (Å²) in [6.45, 7) is 3.78. The highest BCUT2D eigenvalue weighted by molar-refractivity contribution is 6.05. The normalized spacial score (nSPS) is 9.50. The molecule has 0 unspecified atom stereocenters. The number of methoxy groups -OCH3 is 1. The molecule has 1 aromatic carbocycles. The quantitative estimate of drug-likeness (QED) is 0.782. The highest BCUT2D eigenvalue weighted by atomic mass is 35.5. The average Bonchev–Trinajstić information content (AvgIpc) is 2.47. The van der Waals surface area contributed by atoms with E-state index in [1.165, 1.54) is 7.11 Å². The Bertz CT molecular complexity index is 681. The molecule has 8 heteroatoms. The second-order valence-electron chi connectivity index (χ2n) is 4.93. The van der Waals surface area contributed by atoms with Crippen molar-refractivity contribution in [3.8, 4) is 11.5 Å². The van der Waals surface area contributed by atoms with Gasteiger partial charge in [-0.2, -0.15) is 0 Å². The zero-order valence-electron chi connectivity index (χ0n) is 13.6. The number of amides is 1. The molecule has 24 heavy (non-hydrogen) atoms. The summed E-state index contributed by atoms with van der Waals surface area (Å²) in [5.41, 5.74) is 7.06. The number of aromatic nitrogens is 1. The number of carbonyl (C=O) groups excluding carboxylic acids is 1. The minimum Gasteiger partial charge on any atom is -0.495 e. The number of nitrogens with two attached hydrogens (primary N) is 1. The van der Waals surface area contributed by atoms with Crippen molar-refractivity contribution in [2.75, 3.05) is 18.2 Å². The first-order chi connectivity index (χ1) is 10.5. The van der Waals surface area contributed by atoms with Crippen molar-refractivity contribution < 1.29 is 14.3 Å². The minimum atomic E-state index is -0.360. The van der Waals surface area contributed by atoms with Gasteiger partial charge in [-0.25, -0.2) is 4.98 Å². The number of nitrogens with one attached hydrogen (secondary N) is 1. The molecule has 1 aromatic heterocycles. The van der Waals surface area contributed by atoms with Crippen LogP contribution in [0, 0.1) is 0 Å². The predicted octanol–water partition coefficient (Wildman–Crippen LogP) is 3.56. The summed E-state index contributed by atoms with van der Waals surface area (Å²) in [6, 6.07) is 8.46. The molecule has 0 radical (unpaired) electrons. The molecule has 0 aliphatic rings. The number of nitrogen functional groups attached to an aromatic ring is 1. The molecule has 0 spiro atoms. The molecule has 0 saturated heterocycles. The van der Waals surface area contributed by atoms with E-state index in [-0.39, 0.29) is 42.5 Å². The van der Waals surface area contributed by atoms with Gasteiger partial charge in [-0.05, 0) is 44.2 Å². The molecule has 1 amide bonds. The molecule has 0 aliphatic heterocycles. The third kappa shape index (κ3) is 5.47. The van der Waals surface area contributed by atoms with Crippen molar-refractivity contribution >= 4 is 42.1 Å². The highest BCUT2D eigenvalue weighted by Gasteiger charge is 2.15. The molecular weight excluding hydrogens is 353 g/mol. The number of benzene rings is 1. The number of halogens is 2. The van der Waals surface area contributed by atoms with Crippen LogP contribution in [0.25, 0.3) is 0 Å². The summed E-state index contributed by atoms with van der Waals surface area (Å²) >= 11 is 0. The number of hydrogen-bond donors (Lipinski definition) is 2. The predicted molar refractivity (Wildman–Crippen MR) is 99.9 cm³/mol. The lowest BCUT2D eigenvalue weighted by Gasteiger charge is -2.13. The van der Waals surface area contributed by atoms with Crippen LogP contribution in [0.15, 0.2) is 36.5 Å². The molecule has 0 bridgehead atoms. The van der Waals surface area contributed by atoms with E-state index in [0.717, 1.165) is 0 Å². The largest absolute Gasteiger partial charge is 0.495 e. The zero-order chi connectivity index (χ0) is 16.1. The van der Waals surface area contributed by atoms with Gasteiger partial charge >= 0.3 is 0 Å². The second kappa shape index (κ2) is 9.85. The van der Waals surface area contributed by atoms with Crippen molar-refractivity contribution in [3.05, 3.63) is 42.2 Å². The van der Waals surface area contributed by atoms with Gasteiger partial charge in [0, 0.05) is 11.9 Å². The Kier molecular flexibility index (Phi) is 8.95. The molecule has 0 saturated carbocycles. The number of ether oxygens (including phenoxy) is 2. The molecule has 0 fully saturated rings. The van der Waals surface area contributed by atoms with E-state index in [0.29, 0.717) is 22.9 Å². The summed E-state index contributed by atoms with van der Waals surface area (Å²) < 4.78 is 10.7. The fourth-order valence-corrected chi connectivity index (χ4v) is 1.91. The van der Waals surface area contributed by atoms with Crippen LogP contribution in [0.1, 0.15) is 24.3 Å². The summed E-state index contributed by atoms with van der Waals surface area (Å²) in [5.74, 6) is 0.636. The fraction of sp³-hybridized carbons (Fsp3) is 0.250. The van der Waals surface area contributed by atoms with Gasteiger partial charge in [-0.3, -0.25) is 4.79 Å². The van der Waals surface area contributed by atoms with Crippen LogP contribution in [0.5, 0.6) is 11.5 Å². The fourth-order valence-electron chi connectivity index (χ4n) is 1.91. The Morgan fingerprint density at radius 1 is 1.21 bits per heavy atom. The molecule has 132 valence electrons. The molecule has 2 rings (SSSR count).